The number of aliphatic hydroxyl groups excluding tert-OH is 1. The van der Waals surface area contributed by atoms with Crippen LogP contribution < -0.4 is 5.32 Å². The van der Waals surface area contributed by atoms with Gasteiger partial charge in [-0.25, -0.2) is 8.42 Å². The molecule has 0 unspecified atom stereocenters. The van der Waals surface area contributed by atoms with E-state index in [-0.39, 0.29) is 5.75 Å². The minimum absolute atomic E-state index is 0.209. The lowest BCUT2D eigenvalue weighted by atomic mass is 9.79. The van der Waals surface area contributed by atoms with E-state index < -0.39 is 15.9 Å². The Morgan fingerprint density at radius 2 is 2.14 bits per heavy atom. The summed E-state index contributed by atoms with van der Waals surface area (Å²) >= 11 is 1.20. The van der Waals surface area contributed by atoms with Gasteiger partial charge >= 0.3 is 0 Å². The van der Waals surface area contributed by atoms with Crippen molar-refractivity contribution >= 4 is 21.2 Å². The first kappa shape index (κ1) is 16.9. The van der Waals surface area contributed by atoms with Gasteiger partial charge in [-0.15, -0.1) is 11.3 Å². The Labute approximate surface area is 131 Å². The lowest BCUT2D eigenvalue weighted by molar-refractivity contribution is 0.168. The Morgan fingerprint density at radius 3 is 2.76 bits per heavy atom. The van der Waals surface area contributed by atoms with Gasteiger partial charge in [-0.1, -0.05) is 19.9 Å². The molecule has 1 heterocycles. The first-order valence-electron chi connectivity index (χ1n) is 7.56. The predicted molar refractivity (Wildman–Crippen MR) is 86.3 cm³/mol. The van der Waals surface area contributed by atoms with E-state index in [0.29, 0.717) is 22.7 Å². The van der Waals surface area contributed by atoms with Crippen LogP contribution in [-0.4, -0.2) is 38.0 Å². The van der Waals surface area contributed by atoms with E-state index in [2.05, 4.69) is 19.2 Å². The third-order valence-corrected chi connectivity index (χ3v) is 7.74. The van der Waals surface area contributed by atoms with Crippen LogP contribution in [0.4, 0.5) is 0 Å². The third-order valence-electron chi connectivity index (χ3n) is 4.45. The van der Waals surface area contributed by atoms with E-state index in [1.807, 2.05) is 0 Å². The molecule has 4 nitrogen and oxygen atoms in total. The molecular weight excluding hydrogens is 306 g/mol. The van der Waals surface area contributed by atoms with E-state index in [0.717, 1.165) is 18.8 Å². The molecular formula is C15H25NO3S2. The van der Waals surface area contributed by atoms with Gasteiger partial charge < -0.3 is 10.4 Å². The van der Waals surface area contributed by atoms with Gasteiger partial charge in [0, 0.05) is 12.6 Å². The molecule has 1 aliphatic rings. The molecule has 1 aliphatic carbocycles. The summed E-state index contributed by atoms with van der Waals surface area (Å²) in [4.78, 5) is 0. The molecule has 0 bridgehead atoms. The Morgan fingerprint density at radius 1 is 1.38 bits per heavy atom. The van der Waals surface area contributed by atoms with Crippen LogP contribution >= 0.6 is 11.3 Å². The molecule has 0 spiro atoms. The van der Waals surface area contributed by atoms with Gasteiger partial charge in [0.2, 0.25) is 0 Å². The standard InChI is InChI=1S/C15H25NO3S2/c1-11-5-6-13(8-12(11)2)16-9-14(17)10-21(18,19)15-4-3-7-20-15/h3-4,7,11-14,16-17H,5-6,8-10H2,1-2H3/t11-,12+,13+,14+/m1/s1. The Balaban J connectivity index is 1.79. The highest BCUT2D eigenvalue weighted by Crippen LogP contribution is 2.29. The average molecular weight is 332 g/mol. The van der Waals surface area contributed by atoms with Crippen molar-refractivity contribution in [3.05, 3.63) is 17.5 Å². The fraction of sp³-hybridized carbons (Fsp3) is 0.733. The minimum atomic E-state index is -3.36. The van der Waals surface area contributed by atoms with Crippen molar-refractivity contribution < 1.29 is 13.5 Å². The molecule has 2 N–H and O–H groups in total. The van der Waals surface area contributed by atoms with Gasteiger partial charge in [0.15, 0.2) is 9.84 Å². The summed E-state index contributed by atoms with van der Waals surface area (Å²) in [5.41, 5.74) is 0. The minimum Gasteiger partial charge on any atom is -0.391 e. The van der Waals surface area contributed by atoms with Crippen LogP contribution in [0.5, 0.6) is 0 Å². The van der Waals surface area contributed by atoms with Crippen molar-refractivity contribution in [2.24, 2.45) is 11.8 Å². The van der Waals surface area contributed by atoms with Crippen molar-refractivity contribution in [1.82, 2.24) is 5.32 Å². The number of hydrogen-bond donors (Lipinski definition) is 2. The van der Waals surface area contributed by atoms with Crippen LogP contribution in [0.1, 0.15) is 33.1 Å². The zero-order valence-electron chi connectivity index (χ0n) is 12.7. The highest BCUT2D eigenvalue weighted by Gasteiger charge is 2.26. The van der Waals surface area contributed by atoms with Crippen LogP contribution in [0, 0.1) is 11.8 Å². The quantitative estimate of drug-likeness (QED) is 0.839. The highest BCUT2D eigenvalue weighted by atomic mass is 32.2. The van der Waals surface area contributed by atoms with Gasteiger partial charge in [-0.05, 0) is 42.5 Å². The fourth-order valence-corrected chi connectivity index (χ4v) is 5.35. The average Bonchev–Trinajstić information content (AvgIpc) is 2.94. The lowest BCUT2D eigenvalue weighted by Crippen LogP contribution is -2.41. The second-order valence-corrected chi connectivity index (χ2v) is 9.45. The van der Waals surface area contributed by atoms with E-state index >= 15 is 0 Å². The van der Waals surface area contributed by atoms with Crippen LogP contribution in [0.25, 0.3) is 0 Å². The summed E-state index contributed by atoms with van der Waals surface area (Å²) in [5.74, 6) is 1.23. The van der Waals surface area contributed by atoms with Crippen LogP contribution in [0.3, 0.4) is 0 Å². The van der Waals surface area contributed by atoms with Crippen molar-refractivity contribution in [2.45, 2.75) is 49.5 Å². The number of nitrogens with one attached hydrogen (secondary N) is 1. The Hall–Kier alpha value is -0.430. The SMILES string of the molecule is C[C@@H]1CC[C@H](NC[C@H](O)CS(=O)(=O)c2cccs2)C[C@@H]1C. The van der Waals surface area contributed by atoms with E-state index in [4.69, 9.17) is 0 Å². The molecule has 1 saturated carbocycles. The topological polar surface area (TPSA) is 66.4 Å². The van der Waals surface area contributed by atoms with Crippen molar-refractivity contribution in [2.75, 3.05) is 12.3 Å². The van der Waals surface area contributed by atoms with Crippen molar-refractivity contribution in [1.29, 1.82) is 0 Å². The van der Waals surface area contributed by atoms with E-state index in [1.165, 1.54) is 17.8 Å². The van der Waals surface area contributed by atoms with Gasteiger partial charge in [-0.3, -0.25) is 0 Å². The number of thiophene rings is 1. The largest absolute Gasteiger partial charge is 0.391 e. The highest BCUT2D eigenvalue weighted by molar-refractivity contribution is 7.93. The Bertz CT molecular complexity index is 527. The number of hydrogen-bond acceptors (Lipinski definition) is 5. The summed E-state index contributed by atoms with van der Waals surface area (Å²) in [6.07, 6.45) is 2.55. The predicted octanol–water partition coefficient (Wildman–Crippen LogP) is 2.30. The van der Waals surface area contributed by atoms with E-state index in [9.17, 15) is 13.5 Å². The first-order valence-corrected chi connectivity index (χ1v) is 10.1. The molecule has 2 rings (SSSR count). The zero-order chi connectivity index (χ0) is 15.5. The number of sulfone groups is 1. The monoisotopic (exact) mass is 331 g/mol. The Kier molecular flexibility index (Phi) is 5.82. The molecule has 0 amide bonds. The van der Waals surface area contributed by atoms with Crippen LogP contribution in [-0.2, 0) is 9.84 Å². The zero-order valence-corrected chi connectivity index (χ0v) is 14.3. The van der Waals surface area contributed by atoms with Crippen LogP contribution in [0.15, 0.2) is 21.7 Å². The third kappa shape index (κ3) is 4.77. The molecule has 0 aliphatic heterocycles. The molecule has 4 atom stereocenters. The maximum atomic E-state index is 12.1. The first-order chi connectivity index (χ1) is 9.88. The van der Waals surface area contributed by atoms with Crippen molar-refractivity contribution in [3.8, 4) is 0 Å². The molecule has 21 heavy (non-hydrogen) atoms. The molecule has 0 saturated heterocycles. The van der Waals surface area contributed by atoms with E-state index in [1.54, 1.807) is 17.5 Å². The van der Waals surface area contributed by atoms with Gasteiger partial charge in [0.05, 0.1) is 11.9 Å². The molecule has 6 heteroatoms. The number of rotatable bonds is 6. The summed E-state index contributed by atoms with van der Waals surface area (Å²) in [5, 5.41) is 15.1. The molecule has 120 valence electrons. The molecule has 0 radical (unpaired) electrons. The summed E-state index contributed by atoms with van der Waals surface area (Å²) in [6.45, 7) is 4.88. The molecule has 1 fully saturated rings. The second kappa shape index (κ2) is 7.22. The lowest BCUT2D eigenvalue weighted by Gasteiger charge is -2.33. The normalized spacial score (nSPS) is 28.4. The van der Waals surface area contributed by atoms with Crippen molar-refractivity contribution in [3.63, 3.8) is 0 Å². The van der Waals surface area contributed by atoms with Gasteiger partial charge in [-0.2, -0.15) is 0 Å². The maximum Gasteiger partial charge on any atom is 0.190 e. The molecule has 1 aromatic rings. The smallest absolute Gasteiger partial charge is 0.190 e. The number of aliphatic hydroxyl groups is 1. The summed E-state index contributed by atoms with van der Waals surface area (Å²) in [7, 11) is -3.36. The maximum absolute atomic E-state index is 12.1. The summed E-state index contributed by atoms with van der Waals surface area (Å²) < 4.78 is 24.5. The van der Waals surface area contributed by atoms with Gasteiger partial charge in [0.1, 0.15) is 4.21 Å². The van der Waals surface area contributed by atoms with Crippen LogP contribution in [0.2, 0.25) is 0 Å². The second-order valence-electron chi connectivity index (χ2n) is 6.24. The molecule has 0 aromatic carbocycles. The summed E-state index contributed by atoms with van der Waals surface area (Å²) in [6, 6.07) is 3.70. The molecule has 1 aromatic heterocycles. The van der Waals surface area contributed by atoms with Gasteiger partial charge in [0.25, 0.3) is 0 Å². The fourth-order valence-electron chi connectivity index (χ4n) is 2.87.